The van der Waals surface area contributed by atoms with Crippen molar-refractivity contribution in [2.45, 2.75) is 38.1 Å². The minimum Gasteiger partial charge on any atom is -0.502 e. The molecule has 0 radical (unpaired) electrons. The van der Waals surface area contributed by atoms with Crippen LogP contribution in [0.15, 0.2) is 53.6 Å². The summed E-state index contributed by atoms with van der Waals surface area (Å²) in [5.41, 5.74) is 3.00. The minimum absolute atomic E-state index is 0.0267. The number of nitrogens with zero attached hydrogens (tertiary/aromatic N) is 2. The average Bonchev–Trinajstić information content (AvgIpc) is 2.81. The van der Waals surface area contributed by atoms with E-state index in [1.807, 2.05) is 12.1 Å². The van der Waals surface area contributed by atoms with Crippen molar-refractivity contribution in [2.24, 2.45) is 5.41 Å². The van der Waals surface area contributed by atoms with Gasteiger partial charge in [0.2, 0.25) is 5.75 Å². The van der Waals surface area contributed by atoms with Crippen molar-refractivity contribution < 1.29 is 14.6 Å². The first-order valence-corrected chi connectivity index (χ1v) is 11.9. The van der Waals surface area contributed by atoms with E-state index in [0.29, 0.717) is 11.0 Å². The van der Waals surface area contributed by atoms with E-state index < -0.39 is 23.0 Å². The number of hydrogen-bond acceptors (Lipinski definition) is 5. The number of aromatic amines is 1. The Kier molecular flexibility index (Phi) is 6.42. The zero-order valence-corrected chi connectivity index (χ0v) is 19.4. The summed E-state index contributed by atoms with van der Waals surface area (Å²) in [6.45, 7) is 3.04. The molecule has 2 fully saturated rings. The van der Waals surface area contributed by atoms with E-state index in [1.165, 1.54) is 50.3 Å². The third-order valence-corrected chi connectivity index (χ3v) is 7.25. The molecule has 2 aliphatic rings. The van der Waals surface area contributed by atoms with Gasteiger partial charge in [0.25, 0.3) is 5.56 Å². The molecule has 1 spiro atoms. The Hall–Kier alpha value is -3.47. The summed E-state index contributed by atoms with van der Waals surface area (Å²) in [4.78, 5) is 20.3. The largest absolute Gasteiger partial charge is 0.502 e. The Balaban J connectivity index is 1.23. The van der Waals surface area contributed by atoms with Gasteiger partial charge < -0.3 is 15.2 Å². The van der Waals surface area contributed by atoms with Crippen LogP contribution in [0, 0.1) is 23.1 Å². The quantitative estimate of drug-likeness (QED) is 0.478. The van der Waals surface area contributed by atoms with Gasteiger partial charge in [-0.15, -0.1) is 0 Å². The van der Waals surface area contributed by atoms with E-state index in [-0.39, 0.29) is 24.3 Å². The van der Waals surface area contributed by atoms with Crippen LogP contribution in [-0.4, -0.2) is 44.8 Å². The minimum atomic E-state index is -0.673. The molecule has 0 amide bonds. The fraction of sp³-hybridized carbons (Fsp3) is 0.357. The molecular weight excluding hydrogens is 445 g/mol. The normalized spacial score (nSPS) is 17.2. The highest BCUT2D eigenvalue weighted by Crippen LogP contribution is 2.48. The van der Waals surface area contributed by atoms with Gasteiger partial charge in [-0.25, -0.2) is 9.37 Å². The first-order valence-electron chi connectivity index (χ1n) is 11.9. The van der Waals surface area contributed by atoms with Crippen molar-refractivity contribution in [3.63, 3.8) is 0 Å². The second kappa shape index (κ2) is 9.65. The van der Waals surface area contributed by atoms with E-state index in [4.69, 9.17) is 0 Å². The first-order chi connectivity index (χ1) is 16.9. The fourth-order valence-corrected chi connectivity index (χ4v) is 5.12. The maximum atomic E-state index is 14.9. The fourth-order valence-electron chi connectivity index (χ4n) is 5.12. The third kappa shape index (κ3) is 5.00. The Morgan fingerprint density at radius 1 is 1.11 bits per heavy atom. The summed E-state index contributed by atoms with van der Waals surface area (Å²) in [6.07, 6.45) is 5.35. The molecule has 6 nitrogen and oxygen atoms in total. The number of rotatable bonds is 6. The van der Waals surface area contributed by atoms with Gasteiger partial charge in [0.15, 0.2) is 0 Å². The maximum Gasteiger partial charge on any atom is 0.293 e. The predicted molar refractivity (Wildman–Crippen MR) is 130 cm³/mol. The predicted octanol–water partition coefficient (Wildman–Crippen LogP) is 3.32. The molecule has 3 aromatic rings. The number of halogens is 1. The highest BCUT2D eigenvalue weighted by atomic mass is 19.1. The van der Waals surface area contributed by atoms with Crippen molar-refractivity contribution in [2.75, 3.05) is 19.7 Å². The SMILES string of the molecule is O=c1[nH]cnc(C[C@H](CO)c2ccc(C#Cc3ccc(CN4CC5(CCC5)C4)cc3)cc2F)c1O. The second-order valence-electron chi connectivity index (χ2n) is 9.79. The summed E-state index contributed by atoms with van der Waals surface area (Å²) in [7, 11) is 0. The molecule has 2 heterocycles. The van der Waals surface area contributed by atoms with Crippen LogP contribution < -0.4 is 5.56 Å². The van der Waals surface area contributed by atoms with Crippen LogP contribution in [0.4, 0.5) is 4.39 Å². The summed E-state index contributed by atoms with van der Waals surface area (Å²) in [5.74, 6) is 4.40. The highest BCUT2D eigenvalue weighted by Gasteiger charge is 2.46. The van der Waals surface area contributed by atoms with E-state index in [9.17, 15) is 19.4 Å². The highest BCUT2D eigenvalue weighted by molar-refractivity contribution is 5.45. The summed E-state index contributed by atoms with van der Waals surface area (Å²) >= 11 is 0. The molecule has 2 aromatic carbocycles. The van der Waals surface area contributed by atoms with Gasteiger partial charge in [-0.05, 0) is 53.6 Å². The average molecular weight is 474 g/mol. The van der Waals surface area contributed by atoms with Crippen LogP contribution in [-0.2, 0) is 13.0 Å². The van der Waals surface area contributed by atoms with Gasteiger partial charge in [0.1, 0.15) is 5.82 Å². The van der Waals surface area contributed by atoms with Gasteiger partial charge in [-0.2, -0.15) is 0 Å². The van der Waals surface area contributed by atoms with Crippen LogP contribution in [0.1, 0.15) is 53.1 Å². The Morgan fingerprint density at radius 2 is 1.83 bits per heavy atom. The summed E-state index contributed by atoms with van der Waals surface area (Å²) in [5, 5.41) is 19.7. The van der Waals surface area contributed by atoms with Crippen LogP contribution in [0.2, 0.25) is 0 Å². The molecule has 1 aromatic heterocycles. The van der Waals surface area contributed by atoms with Crippen molar-refractivity contribution in [3.05, 3.63) is 92.9 Å². The van der Waals surface area contributed by atoms with E-state index in [0.717, 1.165) is 12.1 Å². The second-order valence-corrected chi connectivity index (χ2v) is 9.79. The standard InChI is InChI=1S/C28H28FN3O3/c29-24-12-20(8-9-23(24)22(15-33)13-25-26(34)27(35)31-18-30-25)5-2-19-3-6-21(7-4-19)14-32-16-28(17-32)10-1-11-28/h3-4,6-9,12,18,22,33-34H,1,10-11,13-17H2,(H,30,31,35)/t22-/m1/s1. The number of aromatic nitrogens is 2. The number of aliphatic hydroxyl groups excluding tert-OH is 1. The summed E-state index contributed by atoms with van der Waals surface area (Å²) < 4.78 is 14.9. The molecular formula is C28H28FN3O3. The molecule has 1 saturated carbocycles. The van der Waals surface area contributed by atoms with E-state index >= 15 is 0 Å². The van der Waals surface area contributed by atoms with E-state index in [2.05, 4.69) is 38.8 Å². The lowest BCUT2D eigenvalue weighted by Crippen LogP contribution is -2.58. The monoisotopic (exact) mass is 473 g/mol. The number of H-pyrrole nitrogens is 1. The number of nitrogens with one attached hydrogen (secondary N) is 1. The zero-order chi connectivity index (χ0) is 24.4. The molecule has 180 valence electrons. The lowest BCUT2D eigenvalue weighted by Gasteiger charge is -2.56. The van der Waals surface area contributed by atoms with Crippen LogP contribution in [0.25, 0.3) is 0 Å². The number of aromatic hydroxyl groups is 1. The smallest absolute Gasteiger partial charge is 0.293 e. The number of likely N-dealkylation sites (tertiary alicyclic amines) is 1. The summed E-state index contributed by atoms with van der Waals surface area (Å²) in [6, 6.07) is 12.8. The molecule has 1 aliphatic carbocycles. The number of hydrogen-bond donors (Lipinski definition) is 3. The Morgan fingerprint density at radius 3 is 2.49 bits per heavy atom. The molecule has 1 saturated heterocycles. The first kappa shape index (κ1) is 23.3. The van der Waals surface area contributed by atoms with E-state index in [1.54, 1.807) is 12.1 Å². The molecule has 0 bridgehead atoms. The molecule has 1 aliphatic heterocycles. The molecule has 3 N–H and O–H groups in total. The van der Waals surface area contributed by atoms with Gasteiger partial charge in [-0.1, -0.05) is 36.5 Å². The molecule has 5 rings (SSSR count). The van der Waals surface area contributed by atoms with Crippen LogP contribution >= 0.6 is 0 Å². The molecule has 35 heavy (non-hydrogen) atoms. The number of benzene rings is 2. The Bertz CT molecular complexity index is 1330. The van der Waals surface area contributed by atoms with Crippen molar-refractivity contribution in [1.82, 2.24) is 14.9 Å². The molecule has 0 unspecified atom stereocenters. The van der Waals surface area contributed by atoms with Crippen LogP contribution in [0.3, 0.4) is 0 Å². The zero-order valence-electron chi connectivity index (χ0n) is 19.4. The van der Waals surface area contributed by atoms with Gasteiger partial charge in [0.05, 0.1) is 18.6 Å². The Labute approximate surface area is 203 Å². The van der Waals surface area contributed by atoms with Gasteiger partial charge in [-0.3, -0.25) is 9.69 Å². The maximum absolute atomic E-state index is 14.9. The molecule has 1 atom stereocenters. The van der Waals surface area contributed by atoms with Gasteiger partial charge in [0, 0.05) is 43.1 Å². The lowest BCUT2D eigenvalue weighted by atomic mass is 9.63. The van der Waals surface area contributed by atoms with Crippen molar-refractivity contribution >= 4 is 0 Å². The van der Waals surface area contributed by atoms with Gasteiger partial charge >= 0.3 is 0 Å². The topological polar surface area (TPSA) is 89.5 Å². The van der Waals surface area contributed by atoms with Crippen molar-refractivity contribution in [3.8, 4) is 17.6 Å². The van der Waals surface area contributed by atoms with Crippen molar-refractivity contribution in [1.29, 1.82) is 0 Å². The third-order valence-electron chi connectivity index (χ3n) is 7.25. The molecule has 7 heteroatoms. The number of aliphatic hydroxyl groups is 1. The van der Waals surface area contributed by atoms with Crippen LogP contribution in [0.5, 0.6) is 5.75 Å². The lowest BCUT2D eigenvalue weighted by molar-refractivity contribution is -0.0645.